The molecule has 39 heavy (non-hydrogen) atoms. The van der Waals surface area contributed by atoms with Gasteiger partial charge in [0.05, 0.1) is 11.8 Å². The summed E-state index contributed by atoms with van der Waals surface area (Å²) >= 11 is 0. The number of rotatable bonds is 9. The number of hydrogen-bond donors (Lipinski definition) is 1. The van der Waals surface area contributed by atoms with Gasteiger partial charge in [-0.15, -0.1) is 0 Å². The molecule has 3 atom stereocenters. The molecule has 0 radical (unpaired) electrons. The van der Waals surface area contributed by atoms with Crippen molar-refractivity contribution in [3.63, 3.8) is 0 Å². The summed E-state index contributed by atoms with van der Waals surface area (Å²) in [6.45, 7) is 7.99. The maximum atomic E-state index is 13.9. The van der Waals surface area contributed by atoms with E-state index in [0.717, 1.165) is 16.7 Å². The lowest BCUT2D eigenvalue weighted by molar-refractivity contribution is -0.144. The van der Waals surface area contributed by atoms with Crippen molar-refractivity contribution >= 4 is 23.6 Å². The second kappa shape index (κ2) is 12.0. The zero-order valence-corrected chi connectivity index (χ0v) is 23.4. The molecule has 1 N–H and O–H groups in total. The fraction of sp³-hybridized carbons (Fsp3) is 0.438. The molecule has 1 aliphatic carbocycles. The molecule has 1 fully saturated rings. The third-order valence-electron chi connectivity index (χ3n) is 7.35. The summed E-state index contributed by atoms with van der Waals surface area (Å²) in [7, 11) is 0. The summed E-state index contributed by atoms with van der Waals surface area (Å²) in [6, 6.07) is 16.8. The van der Waals surface area contributed by atoms with E-state index in [9.17, 15) is 19.2 Å². The van der Waals surface area contributed by atoms with Gasteiger partial charge in [0.1, 0.15) is 6.04 Å². The minimum atomic E-state index is -0.767. The van der Waals surface area contributed by atoms with E-state index >= 15 is 0 Å². The highest BCUT2D eigenvalue weighted by Crippen LogP contribution is 2.35. The molecule has 206 valence electrons. The average molecular weight is 530 g/mol. The number of imide groups is 1. The Morgan fingerprint density at radius 1 is 0.949 bits per heavy atom. The molecule has 1 saturated heterocycles. The van der Waals surface area contributed by atoms with Crippen molar-refractivity contribution < 1.29 is 19.2 Å². The SMILES string of the molecule is Cc1cccc(CN(C(=O)CCN2C(=O)[C@H]3CC=CC[C@H]3C2=O)C(Cc2ccccc2)C(=O)NC(C)(C)C)c1. The van der Waals surface area contributed by atoms with Gasteiger partial charge in [-0.05, 0) is 51.7 Å². The van der Waals surface area contributed by atoms with E-state index in [0.29, 0.717) is 19.3 Å². The summed E-state index contributed by atoms with van der Waals surface area (Å²) < 4.78 is 0. The van der Waals surface area contributed by atoms with Gasteiger partial charge in [-0.2, -0.15) is 0 Å². The second-order valence-corrected chi connectivity index (χ2v) is 11.7. The quantitative estimate of drug-likeness (QED) is 0.390. The predicted molar refractivity (Wildman–Crippen MR) is 150 cm³/mol. The van der Waals surface area contributed by atoms with Crippen molar-refractivity contribution in [2.45, 2.75) is 71.5 Å². The van der Waals surface area contributed by atoms with Crippen LogP contribution in [0.3, 0.4) is 0 Å². The predicted octanol–water partition coefficient (Wildman–Crippen LogP) is 4.19. The molecule has 2 aromatic rings. The number of likely N-dealkylation sites (tertiary alicyclic amines) is 1. The molecular weight excluding hydrogens is 490 g/mol. The highest BCUT2D eigenvalue weighted by Gasteiger charge is 2.47. The van der Waals surface area contributed by atoms with Crippen LogP contribution in [-0.4, -0.2) is 51.6 Å². The van der Waals surface area contributed by atoms with Gasteiger partial charge >= 0.3 is 0 Å². The Hall–Kier alpha value is -3.74. The lowest BCUT2D eigenvalue weighted by Crippen LogP contribution is -2.54. The van der Waals surface area contributed by atoms with Crippen molar-refractivity contribution in [1.29, 1.82) is 0 Å². The van der Waals surface area contributed by atoms with Crippen LogP contribution in [0.15, 0.2) is 66.7 Å². The lowest BCUT2D eigenvalue weighted by Gasteiger charge is -2.34. The maximum absolute atomic E-state index is 13.9. The van der Waals surface area contributed by atoms with Crippen molar-refractivity contribution in [1.82, 2.24) is 15.1 Å². The van der Waals surface area contributed by atoms with Crippen molar-refractivity contribution in [2.75, 3.05) is 6.54 Å². The first-order chi connectivity index (χ1) is 18.5. The summed E-state index contributed by atoms with van der Waals surface area (Å²) in [5.74, 6) is -1.56. The number of fused-ring (bicyclic) bond motifs is 1. The molecule has 0 spiro atoms. The highest BCUT2D eigenvalue weighted by molar-refractivity contribution is 6.05. The lowest BCUT2D eigenvalue weighted by atomic mass is 9.85. The molecule has 4 amide bonds. The van der Waals surface area contributed by atoms with Crippen molar-refractivity contribution in [3.8, 4) is 0 Å². The van der Waals surface area contributed by atoms with E-state index in [4.69, 9.17) is 0 Å². The Bertz CT molecular complexity index is 1220. The standard InChI is InChI=1S/C32H39N3O4/c1-22-11-10-14-24(19-22)21-35(27(29(37)33-32(2,3)4)20-23-12-6-5-7-13-23)28(36)17-18-34-30(38)25-15-8-9-16-26(25)31(34)39/h5-14,19,25-27H,15-18,20-21H2,1-4H3,(H,33,37)/t25-,26+,27?. The first kappa shape index (κ1) is 28.3. The summed E-state index contributed by atoms with van der Waals surface area (Å²) in [4.78, 5) is 56.4. The molecule has 1 heterocycles. The number of amides is 4. The Morgan fingerprint density at radius 2 is 1.56 bits per heavy atom. The van der Waals surface area contributed by atoms with E-state index in [1.165, 1.54) is 4.90 Å². The van der Waals surface area contributed by atoms with Gasteiger partial charge in [-0.3, -0.25) is 24.1 Å². The van der Waals surface area contributed by atoms with Gasteiger partial charge in [0.25, 0.3) is 0 Å². The van der Waals surface area contributed by atoms with Crippen LogP contribution < -0.4 is 5.32 Å². The number of aryl methyl sites for hydroxylation is 1. The van der Waals surface area contributed by atoms with Crippen LogP contribution in [-0.2, 0) is 32.1 Å². The fourth-order valence-corrected chi connectivity index (χ4v) is 5.45. The number of allylic oxidation sites excluding steroid dienone is 2. The molecule has 1 unspecified atom stereocenters. The molecule has 1 aliphatic heterocycles. The van der Waals surface area contributed by atoms with Crippen LogP contribution in [0.4, 0.5) is 0 Å². The van der Waals surface area contributed by atoms with E-state index in [1.54, 1.807) is 4.90 Å². The van der Waals surface area contributed by atoms with Crippen LogP contribution in [0, 0.1) is 18.8 Å². The van der Waals surface area contributed by atoms with Crippen molar-refractivity contribution in [2.24, 2.45) is 11.8 Å². The van der Waals surface area contributed by atoms with Crippen LogP contribution >= 0.6 is 0 Å². The Balaban J connectivity index is 1.60. The van der Waals surface area contributed by atoms with Gasteiger partial charge in [0, 0.05) is 31.5 Å². The molecule has 7 heteroatoms. The molecule has 0 aromatic heterocycles. The van der Waals surface area contributed by atoms with Crippen LogP contribution in [0.5, 0.6) is 0 Å². The molecule has 2 aromatic carbocycles. The molecule has 0 bridgehead atoms. The van der Waals surface area contributed by atoms with Crippen molar-refractivity contribution in [3.05, 3.63) is 83.4 Å². The largest absolute Gasteiger partial charge is 0.350 e. The minimum Gasteiger partial charge on any atom is -0.350 e. The number of benzene rings is 2. The smallest absolute Gasteiger partial charge is 0.243 e. The molecular formula is C32H39N3O4. The first-order valence-electron chi connectivity index (χ1n) is 13.7. The summed E-state index contributed by atoms with van der Waals surface area (Å²) in [5, 5.41) is 3.06. The zero-order valence-electron chi connectivity index (χ0n) is 23.4. The average Bonchev–Trinajstić information content (AvgIpc) is 3.13. The highest BCUT2D eigenvalue weighted by atomic mass is 16.2. The molecule has 4 rings (SSSR count). The number of nitrogens with one attached hydrogen (secondary N) is 1. The Morgan fingerprint density at radius 3 is 2.15 bits per heavy atom. The topological polar surface area (TPSA) is 86.8 Å². The fourth-order valence-electron chi connectivity index (χ4n) is 5.45. The first-order valence-corrected chi connectivity index (χ1v) is 13.7. The third-order valence-corrected chi connectivity index (χ3v) is 7.35. The van der Waals surface area contributed by atoms with Crippen LogP contribution in [0.25, 0.3) is 0 Å². The van der Waals surface area contributed by atoms with Crippen LogP contribution in [0.1, 0.15) is 56.7 Å². The minimum absolute atomic E-state index is 0.0206. The normalized spacial score (nSPS) is 19.5. The number of nitrogens with zero attached hydrogens (tertiary/aromatic N) is 2. The van der Waals surface area contributed by atoms with E-state index in [2.05, 4.69) is 5.32 Å². The van der Waals surface area contributed by atoms with E-state index in [-0.39, 0.29) is 55.0 Å². The summed E-state index contributed by atoms with van der Waals surface area (Å²) in [6.07, 6.45) is 5.33. The Kier molecular flexibility index (Phi) is 8.68. The Labute approximate surface area is 231 Å². The zero-order chi connectivity index (χ0) is 28.2. The van der Waals surface area contributed by atoms with Gasteiger partial charge in [0.2, 0.25) is 23.6 Å². The van der Waals surface area contributed by atoms with Gasteiger partial charge < -0.3 is 10.2 Å². The summed E-state index contributed by atoms with van der Waals surface area (Å²) in [5.41, 5.74) is 2.43. The van der Waals surface area contributed by atoms with E-state index in [1.807, 2.05) is 94.4 Å². The molecule has 7 nitrogen and oxygen atoms in total. The maximum Gasteiger partial charge on any atom is 0.243 e. The van der Waals surface area contributed by atoms with Gasteiger partial charge in [0.15, 0.2) is 0 Å². The van der Waals surface area contributed by atoms with Gasteiger partial charge in [-0.1, -0.05) is 72.3 Å². The third kappa shape index (κ3) is 7.02. The monoisotopic (exact) mass is 529 g/mol. The van der Waals surface area contributed by atoms with Gasteiger partial charge in [-0.25, -0.2) is 0 Å². The second-order valence-electron chi connectivity index (χ2n) is 11.7. The van der Waals surface area contributed by atoms with E-state index < -0.39 is 11.6 Å². The molecule has 2 aliphatic rings. The number of hydrogen-bond acceptors (Lipinski definition) is 4. The number of carbonyl (C=O) groups excluding carboxylic acids is 4. The molecule has 0 saturated carbocycles. The van der Waals surface area contributed by atoms with Crippen LogP contribution in [0.2, 0.25) is 0 Å². The number of carbonyl (C=O) groups is 4.